The Bertz CT molecular complexity index is 3610. The maximum Gasteiger partial charge on any atom is 0.143 e. The topological polar surface area (TPSA) is 16.4 Å². The molecule has 0 bridgehead atoms. The van der Waals surface area contributed by atoms with E-state index in [2.05, 4.69) is 229 Å². The van der Waals surface area contributed by atoms with Gasteiger partial charge in [0.05, 0.1) is 0 Å². The Hall–Kier alpha value is -7.94. The van der Waals surface area contributed by atoms with Gasteiger partial charge in [-0.1, -0.05) is 201 Å². The predicted octanol–water partition coefficient (Wildman–Crippen LogP) is 18.1. The first kappa shape index (κ1) is 38.5. The zero-order valence-electron chi connectivity index (χ0n) is 36.8. The van der Waals surface area contributed by atoms with Crippen LogP contribution < -0.4 is 4.90 Å². The van der Waals surface area contributed by atoms with Crippen LogP contribution in [-0.4, -0.2) is 0 Å². The van der Waals surface area contributed by atoms with Gasteiger partial charge >= 0.3 is 0 Å². The summed E-state index contributed by atoms with van der Waals surface area (Å²) >= 11 is 0. The van der Waals surface area contributed by atoms with E-state index in [0.29, 0.717) is 0 Å². The van der Waals surface area contributed by atoms with Crippen LogP contribution in [0.2, 0.25) is 0 Å². The van der Waals surface area contributed by atoms with Crippen molar-refractivity contribution in [2.75, 3.05) is 4.90 Å². The summed E-state index contributed by atoms with van der Waals surface area (Å²) in [6.45, 7) is 0. The quantitative estimate of drug-likeness (QED) is 0.159. The average molecular weight is 846 g/mol. The molecule has 13 rings (SSSR count). The van der Waals surface area contributed by atoms with Crippen molar-refractivity contribution in [3.05, 3.63) is 236 Å². The molecule has 1 spiro atoms. The highest BCUT2D eigenvalue weighted by Gasteiger charge is 2.44. The van der Waals surface area contributed by atoms with E-state index in [0.717, 1.165) is 55.7 Å². The maximum absolute atomic E-state index is 7.04. The molecule has 0 saturated heterocycles. The zero-order valence-corrected chi connectivity index (χ0v) is 36.8. The summed E-state index contributed by atoms with van der Waals surface area (Å²) in [6, 6.07) is 82.6. The highest BCUT2D eigenvalue weighted by atomic mass is 16.3. The van der Waals surface area contributed by atoms with E-state index in [9.17, 15) is 0 Å². The third-order valence-corrected chi connectivity index (χ3v) is 14.7. The summed E-state index contributed by atoms with van der Waals surface area (Å²) in [5.41, 5.74) is 20.2. The normalized spacial score (nSPS) is 13.9. The van der Waals surface area contributed by atoms with E-state index in [1.54, 1.807) is 0 Å². The Kier molecular flexibility index (Phi) is 9.13. The molecule has 0 amide bonds. The molecular weight excluding hydrogens is 799 g/mol. The molecule has 0 radical (unpaired) electrons. The van der Waals surface area contributed by atoms with Crippen LogP contribution in [-0.2, 0) is 5.41 Å². The predicted molar refractivity (Wildman–Crippen MR) is 277 cm³/mol. The maximum atomic E-state index is 7.04. The summed E-state index contributed by atoms with van der Waals surface area (Å²) in [7, 11) is 0. The van der Waals surface area contributed by atoms with Crippen molar-refractivity contribution in [1.82, 2.24) is 0 Å². The summed E-state index contributed by atoms with van der Waals surface area (Å²) in [5, 5.41) is 4.72. The average Bonchev–Trinajstić information content (AvgIpc) is 3.90. The minimum atomic E-state index is 0.0189. The first-order valence-corrected chi connectivity index (χ1v) is 23.5. The molecule has 2 heteroatoms. The number of hydrogen-bond donors (Lipinski definition) is 0. The van der Waals surface area contributed by atoms with Gasteiger partial charge in [0.25, 0.3) is 0 Å². The second-order valence-corrected chi connectivity index (χ2v) is 18.3. The molecule has 2 aliphatic rings. The van der Waals surface area contributed by atoms with Crippen molar-refractivity contribution in [1.29, 1.82) is 0 Å². The van der Waals surface area contributed by atoms with Crippen molar-refractivity contribution in [2.45, 2.75) is 37.5 Å². The third kappa shape index (κ3) is 6.16. The molecule has 2 nitrogen and oxygen atoms in total. The van der Waals surface area contributed by atoms with E-state index in [4.69, 9.17) is 4.42 Å². The molecule has 314 valence electrons. The van der Waals surface area contributed by atoms with Gasteiger partial charge < -0.3 is 9.32 Å². The number of hydrogen-bond acceptors (Lipinski definition) is 2. The van der Waals surface area contributed by atoms with Gasteiger partial charge in [-0.3, -0.25) is 0 Å². The van der Waals surface area contributed by atoms with Crippen molar-refractivity contribution in [2.24, 2.45) is 0 Å². The second-order valence-electron chi connectivity index (χ2n) is 18.3. The van der Waals surface area contributed by atoms with Crippen LogP contribution in [0.4, 0.5) is 17.1 Å². The molecule has 1 heterocycles. The minimum absolute atomic E-state index is 0.0189. The number of furan rings is 1. The molecule has 10 aromatic carbocycles. The van der Waals surface area contributed by atoms with Gasteiger partial charge in [-0.2, -0.15) is 0 Å². The van der Waals surface area contributed by atoms with Crippen LogP contribution in [0.25, 0.3) is 88.3 Å². The number of fused-ring (bicyclic) bond motifs is 9. The highest BCUT2D eigenvalue weighted by molar-refractivity contribution is 6.17. The zero-order chi connectivity index (χ0) is 43.6. The Morgan fingerprint density at radius 3 is 1.74 bits per heavy atom. The Balaban J connectivity index is 1.07. The molecule has 0 aliphatic heterocycles. The van der Waals surface area contributed by atoms with Crippen molar-refractivity contribution >= 4 is 49.8 Å². The Morgan fingerprint density at radius 1 is 0.348 bits per heavy atom. The van der Waals surface area contributed by atoms with Crippen molar-refractivity contribution in [3.8, 4) is 55.6 Å². The van der Waals surface area contributed by atoms with Crippen LogP contribution in [0.3, 0.4) is 0 Å². The van der Waals surface area contributed by atoms with E-state index >= 15 is 0 Å². The molecule has 1 fully saturated rings. The van der Waals surface area contributed by atoms with E-state index in [-0.39, 0.29) is 5.41 Å². The fourth-order valence-electron chi connectivity index (χ4n) is 11.7. The Morgan fingerprint density at radius 2 is 0.939 bits per heavy atom. The molecule has 0 unspecified atom stereocenters. The van der Waals surface area contributed by atoms with E-state index in [1.165, 1.54) is 92.9 Å². The molecule has 0 N–H and O–H groups in total. The number of benzene rings is 10. The highest BCUT2D eigenvalue weighted by Crippen LogP contribution is 2.57. The third-order valence-electron chi connectivity index (χ3n) is 14.7. The van der Waals surface area contributed by atoms with Gasteiger partial charge in [0, 0.05) is 38.8 Å². The van der Waals surface area contributed by atoms with Gasteiger partial charge in [0.15, 0.2) is 0 Å². The molecule has 0 atom stereocenters. The fraction of sp³-hybridized carbons (Fsp3) is 0.0938. The molecule has 66 heavy (non-hydrogen) atoms. The van der Waals surface area contributed by atoms with Crippen LogP contribution in [0.5, 0.6) is 0 Å². The van der Waals surface area contributed by atoms with E-state index < -0.39 is 0 Å². The number of anilines is 3. The van der Waals surface area contributed by atoms with Crippen LogP contribution in [0, 0.1) is 0 Å². The lowest BCUT2D eigenvalue weighted by atomic mass is 9.68. The first-order valence-electron chi connectivity index (χ1n) is 23.5. The number of rotatable bonds is 7. The second kappa shape index (κ2) is 15.6. The summed E-state index contributed by atoms with van der Waals surface area (Å²) in [5.74, 6) is 0. The van der Waals surface area contributed by atoms with Crippen LogP contribution in [0.15, 0.2) is 229 Å². The molecule has 2 aliphatic carbocycles. The van der Waals surface area contributed by atoms with Gasteiger partial charge in [0.2, 0.25) is 0 Å². The summed E-state index contributed by atoms with van der Waals surface area (Å²) in [6.07, 6.45) is 6.15. The Labute approximate surface area is 386 Å². The van der Waals surface area contributed by atoms with Gasteiger partial charge in [-0.05, 0) is 127 Å². The molecule has 11 aromatic rings. The lowest BCUT2D eigenvalue weighted by Crippen LogP contribution is -2.28. The lowest BCUT2D eigenvalue weighted by Gasteiger charge is -2.36. The van der Waals surface area contributed by atoms with E-state index in [1.807, 2.05) is 0 Å². The summed E-state index contributed by atoms with van der Waals surface area (Å²) in [4.78, 5) is 2.50. The van der Waals surface area contributed by atoms with Crippen LogP contribution in [0.1, 0.15) is 43.2 Å². The van der Waals surface area contributed by atoms with Gasteiger partial charge in [-0.15, -0.1) is 0 Å². The SMILES string of the molecule is c1ccc(-c2ccccc2-c2cccc3oc4c(-c5ccccc5)cc(N(c5ccc(-c6cccc7ccccc67)cc5)c5ccc6c(c5)C5(CCCCC5)c5ccccc5-6)cc4c23)cc1. The lowest BCUT2D eigenvalue weighted by molar-refractivity contribution is 0.353. The minimum Gasteiger partial charge on any atom is -0.455 e. The molecule has 1 saturated carbocycles. The van der Waals surface area contributed by atoms with Crippen LogP contribution >= 0.6 is 0 Å². The van der Waals surface area contributed by atoms with Gasteiger partial charge in [-0.25, -0.2) is 0 Å². The monoisotopic (exact) mass is 845 g/mol. The molecular formula is C64H47NO. The standard InChI is InChI=1S/C64H47NO/c1-4-18-43(19-5-1)52-25-10-11-26-53(52)56-29-17-31-61-62(56)58-41-49(40-57(63(58)66-61)45-20-6-2-7-21-45)65(47-34-32-46(33-35-47)51-28-16-23-44-22-8-9-24-50(44)51)48-36-37-55-54-27-12-13-30-59(54)64(60(55)42-48)38-14-3-15-39-64/h1-2,4-13,16-37,40-42H,3,14-15,38-39H2. The first-order chi connectivity index (χ1) is 32.7. The largest absolute Gasteiger partial charge is 0.455 e. The van der Waals surface area contributed by atoms with Gasteiger partial charge in [0.1, 0.15) is 11.2 Å². The van der Waals surface area contributed by atoms with Crippen molar-refractivity contribution < 1.29 is 4.42 Å². The van der Waals surface area contributed by atoms with Crippen molar-refractivity contribution in [3.63, 3.8) is 0 Å². The number of nitrogens with zero attached hydrogens (tertiary/aromatic N) is 1. The smallest absolute Gasteiger partial charge is 0.143 e. The summed E-state index contributed by atoms with van der Waals surface area (Å²) < 4.78 is 7.04. The fourth-order valence-corrected chi connectivity index (χ4v) is 11.7. The molecule has 1 aromatic heterocycles.